The van der Waals surface area contributed by atoms with Gasteiger partial charge < -0.3 is 0 Å². The minimum Gasteiger partial charge on any atom is -0.264 e. The van der Waals surface area contributed by atoms with Gasteiger partial charge in [-0.1, -0.05) is 184 Å². The highest BCUT2D eigenvalue weighted by Crippen LogP contribution is 2.18. The van der Waals surface area contributed by atoms with E-state index in [9.17, 15) is 0 Å². The van der Waals surface area contributed by atoms with E-state index in [1.807, 2.05) is 226 Å². The highest BCUT2D eigenvalue weighted by molar-refractivity contribution is 5.83. The van der Waals surface area contributed by atoms with Crippen LogP contribution in [0.1, 0.15) is 200 Å². The average molecular weight is 1150 g/mol. The molecule has 0 N–H and O–H groups in total. The van der Waals surface area contributed by atoms with Crippen LogP contribution in [-0.4, -0.2) is 39.9 Å². The lowest BCUT2D eigenvalue weighted by Crippen LogP contribution is -1.85. The van der Waals surface area contributed by atoms with Crippen molar-refractivity contribution in [1.29, 1.82) is 0 Å². The molecule has 0 aliphatic carbocycles. The van der Waals surface area contributed by atoms with E-state index in [4.69, 9.17) is 0 Å². The third-order valence-corrected chi connectivity index (χ3v) is 11.2. The van der Waals surface area contributed by atoms with E-state index in [2.05, 4.69) is 182 Å². The topological polar surface area (TPSA) is 103 Å². The van der Waals surface area contributed by atoms with Gasteiger partial charge in [-0.25, -0.2) is 19.9 Å². The van der Waals surface area contributed by atoms with Gasteiger partial charge in [-0.3, -0.25) is 19.9 Å². The van der Waals surface area contributed by atoms with Gasteiger partial charge in [0, 0.05) is 72.4 Å². The molecule has 0 saturated heterocycles. The van der Waals surface area contributed by atoms with Crippen molar-refractivity contribution in [2.24, 2.45) is 0 Å². The van der Waals surface area contributed by atoms with Crippen molar-refractivity contribution in [2.75, 3.05) is 0 Å². The summed E-state index contributed by atoms with van der Waals surface area (Å²) < 4.78 is 0. The maximum absolute atomic E-state index is 4.08. The predicted molar refractivity (Wildman–Crippen MR) is 378 cm³/mol. The van der Waals surface area contributed by atoms with Gasteiger partial charge in [-0.2, -0.15) is 0 Å². The molecule has 3 aromatic carbocycles. The summed E-state index contributed by atoms with van der Waals surface area (Å²) in [5.74, 6) is 0. The Kier molecular flexibility index (Phi) is 69.8. The lowest BCUT2D eigenvalue weighted by Gasteiger charge is -2.02. The van der Waals surface area contributed by atoms with Crippen LogP contribution in [-0.2, 0) is 0 Å². The Morgan fingerprint density at radius 1 is 0.202 bits per heavy atom. The van der Waals surface area contributed by atoms with Crippen LogP contribution < -0.4 is 0 Å². The number of aromatic nitrogens is 8. The molecule has 0 fully saturated rings. The summed E-state index contributed by atoms with van der Waals surface area (Å²) in [6, 6.07) is 33.3. The largest absolute Gasteiger partial charge is 0.264 e. The lowest BCUT2D eigenvalue weighted by atomic mass is 10.0. The monoisotopic (exact) mass is 1150 g/mol. The number of rotatable bonds is 0. The van der Waals surface area contributed by atoms with Gasteiger partial charge in [0.1, 0.15) is 12.7 Å². The van der Waals surface area contributed by atoms with Gasteiger partial charge in [0.05, 0.1) is 0 Å². The zero-order chi connectivity index (χ0) is 66.4. The number of fused-ring (bicyclic) bond motifs is 1. The van der Waals surface area contributed by atoms with E-state index in [0.29, 0.717) is 0 Å². The quantitative estimate of drug-likeness (QED) is 0.148. The summed E-state index contributed by atoms with van der Waals surface area (Å²) in [5, 5.41) is 2.67. The van der Waals surface area contributed by atoms with Gasteiger partial charge in [-0.05, 0) is 213 Å². The molecule has 6 aromatic heterocycles. The second kappa shape index (κ2) is 64.8. The van der Waals surface area contributed by atoms with Crippen molar-refractivity contribution in [3.05, 3.63) is 249 Å². The van der Waals surface area contributed by atoms with Crippen molar-refractivity contribution < 1.29 is 0 Å². The molecule has 9 aromatic rings. The van der Waals surface area contributed by atoms with Crippen molar-refractivity contribution in [1.82, 2.24) is 39.9 Å². The first-order chi connectivity index (χ1) is 40.4. The molecule has 0 saturated carbocycles. The highest BCUT2D eigenvalue weighted by Gasteiger charge is 1.96. The first-order valence-electron chi connectivity index (χ1n) is 30.9. The molecule has 0 aliphatic rings. The Morgan fingerprint density at radius 3 is 0.643 bits per heavy atom. The first kappa shape index (κ1) is 90.5. The zero-order valence-corrected chi connectivity index (χ0v) is 59.6. The fraction of sp³-hybridized carbons (Fsp3) is 0.421. The van der Waals surface area contributed by atoms with Gasteiger partial charge in [-0.15, -0.1) is 0 Å². The maximum Gasteiger partial charge on any atom is 0.115 e. The molecule has 0 bridgehead atoms. The van der Waals surface area contributed by atoms with Gasteiger partial charge >= 0.3 is 0 Å². The van der Waals surface area contributed by atoms with Crippen molar-refractivity contribution in [2.45, 2.75) is 222 Å². The third kappa shape index (κ3) is 47.2. The molecule has 6 heterocycles. The van der Waals surface area contributed by atoms with Crippen molar-refractivity contribution in [3.8, 4) is 0 Å². The van der Waals surface area contributed by atoms with Crippen LogP contribution in [0.2, 0.25) is 0 Å². The van der Waals surface area contributed by atoms with Crippen LogP contribution in [0.4, 0.5) is 0 Å². The molecule has 9 rings (SSSR count). The molecule has 8 heteroatoms. The number of pyridine rings is 4. The van der Waals surface area contributed by atoms with Gasteiger partial charge in [0.15, 0.2) is 0 Å². The summed E-state index contributed by atoms with van der Waals surface area (Å²) in [6.07, 6.45) is 17.7. The molecular formula is C76H122N8. The second-order valence-corrected chi connectivity index (χ2v) is 16.7. The molecule has 8 nitrogen and oxygen atoms in total. The minimum atomic E-state index is 1.06. The molecule has 0 spiro atoms. The predicted octanol–water partition coefficient (Wildman–Crippen LogP) is 23.0. The SMILES string of the molecule is CC.CC.CC.CC.CC.CC.CC.CC.Cc1cc2ccccc2cc1C.Cc1ccccc1C.Cc1cccnc1C.Cc1cccnc1C.Cc1ccncc1C.Cc1ccncc1C.Cc1cncnc1C.Cc1cncnc1C. The highest BCUT2D eigenvalue weighted by atomic mass is 14.8. The van der Waals surface area contributed by atoms with E-state index in [1.165, 1.54) is 66.4 Å². The number of nitrogens with zero attached hydrogens (tertiary/aromatic N) is 8. The van der Waals surface area contributed by atoms with Crippen LogP contribution in [0.15, 0.2) is 159 Å². The summed E-state index contributed by atoms with van der Waals surface area (Å²) in [4.78, 5) is 31.7. The Hall–Kier alpha value is -7.32. The Bertz CT molecular complexity index is 2220. The minimum absolute atomic E-state index is 1.06. The summed E-state index contributed by atoms with van der Waals surface area (Å²) >= 11 is 0. The smallest absolute Gasteiger partial charge is 0.115 e. The van der Waals surface area contributed by atoms with Gasteiger partial charge in [0.2, 0.25) is 0 Å². The first-order valence-corrected chi connectivity index (χ1v) is 30.9. The number of hydrogen-bond donors (Lipinski definition) is 0. The molecule has 0 aliphatic heterocycles. The van der Waals surface area contributed by atoms with Crippen LogP contribution in [0.25, 0.3) is 10.8 Å². The number of benzene rings is 3. The molecule has 0 atom stereocenters. The van der Waals surface area contributed by atoms with E-state index < -0.39 is 0 Å². The molecule has 0 unspecified atom stereocenters. The molecule has 466 valence electrons. The molecule has 84 heavy (non-hydrogen) atoms. The van der Waals surface area contributed by atoms with Crippen LogP contribution in [0.3, 0.4) is 0 Å². The van der Waals surface area contributed by atoms with Crippen LogP contribution >= 0.6 is 0 Å². The third-order valence-electron chi connectivity index (χ3n) is 11.2. The van der Waals surface area contributed by atoms with Crippen molar-refractivity contribution >= 4 is 10.8 Å². The number of hydrogen-bond acceptors (Lipinski definition) is 8. The Balaban J connectivity index is -0.000000156. The second-order valence-electron chi connectivity index (χ2n) is 16.7. The van der Waals surface area contributed by atoms with Crippen LogP contribution in [0.5, 0.6) is 0 Å². The van der Waals surface area contributed by atoms with Gasteiger partial charge in [0.25, 0.3) is 0 Å². The van der Waals surface area contributed by atoms with E-state index in [-0.39, 0.29) is 0 Å². The molecule has 0 radical (unpaired) electrons. The number of aryl methyl sites for hydroxylation is 16. The van der Waals surface area contributed by atoms with E-state index in [1.54, 1.807) is 12.7 Å². The summed E-state index contributed by atoms with van der Waals surface area (Å²) in [6.45, 7) is 64.9. The van der Waals surface area contributed by atoms with E-state index >= 15 is 0 Å². The zero-order valence-electron chi connectivity index (χ0n) is 59.6. The standard InChI is InChI=1S/C12H12.C8H10.4C7H9N.2C6H8N2.8C2H6/c1-9-7-11-5-3-4-6-12(11)8-10(9)2;1-7-5-3-4-6-8(7)2;2*1-6-3-4-8-5-7(6)2;2*1-6-4-3-5-8-7(6)2;2*1-5-3-7-4-8-6(5)2;8*1-2/h3-8H,1-2H3;3-6H,1-2H3;4*3-5H,1-2H3;2*3-4H,1-2H3;8*1-2H3. The Labute approximate surface area is 518 Å². The summed E-state index contributed by atoms with van der Waals surface area (Å²) in [5.41, 5.74) is 19.8. The Morgan fingerprint density at radius 2 is 0.452 bits per heavy atom. The fourth-order valence-electron chi connectivity index (χ4n) is 5.27. The summed E-state index contributed by atoms with van der Waals surface area (Å²) in [7, 11) is 0. The average Bonchev–Trinajstić information content (AvgIpc) is 3.69. The van der Waals surface area contributed by atoms with Crippen molar-refractivity contribution in [3.63, 3.8) is 0 Å². The molecule has 0 amide bonds. The van der Waals surface area contributed by atoms with E-state index in [0.717, 1.165) is 33.9 Å². The lowest BCUT2D eigenvalue weighted by molar-refractivity contribution is 1.06. The fourth-order valence-corrected chi connectivity index (χ4v) is 5.27. The maximum atomic E-state index is 4.08. The van der Waals surface area contributed by atoms with Crippen LogP contribution in [0, 0.1) is 111 Å². The molecular weight excluding hydrogens is 1020 g/mol. The normalized spacial score (nSPS) is 8.24.